The second kappa shape index (κ2) is 5.35. The number of ether oxygens (including phenoxy) is 1. The molecule has 1 atom stereocenters. The van der Waals surface area contributed by atoms with Crippen LogP contribution >= 0.6 is 0 Å². The highest BCUT2D eigenvalue weighted by molar-refractivity contribution is 5.90. The van der Waals surface area contributed by atoms with Crippen molar-refractivity contribution in [1.82, 2.24) is 0 Å². The van der Waals surface area contributed by atoms with Gasteiger partial charge in [0.2, 0.25) is 0 Å². The van der Waals surface area contributed by atoms with E-state index < -0.39 is 5.60 Å². The van der Waals surface area contributed by atoms with Crippen molar-refractivity contribution in [2.45, 2.75) is 46.1 Å². The molecule has 1 aliphatic heterocycles. The minimum absolute atomic E-state index is 0.276. The van der Waals surface area contributed by atoms with E-state index in [1.54, 1.807) is 4.90 Å². The molecule has 2 rings (SSSR count). The third-order valence-electron chi connectivity index (χ3n) is 3.53. The summed E-state index contributed by atoms with van der Waals surface area (Å²) in [5.74, 6) is 0.455. The molecule has 1 aromatic rings. The maximum Gasteiger partial charge on any atom is 0.414 e. The number of fused-ring (bicyclic) bond motifs is 1. The van der Waals surface area contributed by atoms with E-state index in [0.717, 1.165) is 29.8 Å². The average Bonchev–Trinajstić information content (AvgIpc) is 2.34. The van der Waals surface area contributed by atoms with Crippen molar-refractivity contribution in [3.63, 3.8) is 0 Å². The monoisotopic (exact) mass is 276 g/mol. The molecule has 0 spiro atoms. The topological polar surface area (TPSA) is 55.6 Å². The highest BCUT2D eigenvalue weighted by atomic mass is 16.6. The molecular weight excluding hydrogens is 252 g/mol. The predicted octanol–water partition coefficient (Wildman–Crippen LogP) is 3.59. The Morgan fingerprint density at radius 3 is 2.75 bits per heavy atom. The minimum atomic E-state index is -0.482. The highest BCUT2D eigenvalue weighted by Crippen LogP contribution is 2.33. The van der Waals surface area contributed by atoms with E-state index in [4.69, 9.17) is 10.5 Å². The van der Waals surface area contributed by atoms with Gasteiger partial charge in [-0.15, -0.1) is 0 Å². The summed E-state index contributed by atoms with van der Waals surface area (Å²) in [6, 6.07) is 5.72. The SMILES string of the molecule is CCC1Cc2cc(N)ccc2N(C(=O)OC(C)(C)C)C1. The molecule has 0 bridgehead atoms. The molecule has 0 fully saturated rings. The summed E-state index contributed by atoms with van der Waals surface area (Å²) >= 11 is 0. The maximum atomic E-state index is 12.4. The molecule has 110 valence electrons. The number of hydrogen-bond acceptors (Lipinski definition) is 3. The Morgan fingerprint density at radius 2 is 2.15 bits per heavy atom. The third-order valence-corrected chi connectivity index (χ3v) is 3.53. The van der Waals surface area contributed by atoms with Gasteiger partial charge in [0, 0.05) is 12.2 Å². The number of anilines is 2. The Morgan fingerprint density at radius 1 is 1.45 bits per heavy atom. The number of benzene rings is 1. The highest BCUT2D eigenvalue weighted by Gasteiger charge is 2.30. The fraction of sp³-hybridized carbons (Fsp3) is 0.562. The van der Waals surface area contributed by atoms with Gasteiger partial charge in [-0.3, -0.25) is 4.90 Å². The van der Waals surface area contributed by atoms with E-state index in [0.29, 0.717) is 12.5 Å². The number of rotatable bonds is 1. The van der Waals surface area contributed by atoms with Crippen molar-refractivity contribution in [2.75, 3.05) is 17.2 Å². The molecule has 0 aliphatic carbocycles. The summed E-state index contributed by atoms with van der Waals surface area (Å²) in [7, 11) is 0. The zero-order valence-corrected chi connectivity index (χ0v) is 12.8. The van der Waals surface area contributed by atoms with Gasteiger partial charge in [-0.1, -0.05) is 13.3 Å². The molecule has 1 heterocycles. The van der Waals surface area contributed by atoms with Crippen molar-refractivity contribution in [3.8, 4) is 0 Å². The lowest BCUT2D eigenvalue weighted by atomic mass is 9.90. The number of carbonyl (C=O) groups excluding carboxylic acids is 1. The number of nitrogen functional groups attached to an aromatic ring is 1. The van der Waals surface area contributed by atoms with Crippen LogP contribution < -0.4 is 10.6 Å². The number of carbonyl (C=O) groups is 1. The van der Waals surface area contributed by atoms with Crippen molar-refractivity contribution < 1.29 is 9.53 Å². The molecule has 4 nitrogen and oxygen atoms in total. The van der Waals surface area contributed by atoms with Crippen LogP contribution in [0.3, 0.4) is 0 Å². The van der Waals surface area contributed by atoms with Crippen molar-refractivity contribution >= 4 is 17.5 Å². The molecule has 1 unspecified atom stereocenters. The summed E-state index contributed by atoms with van der Waals surface area (Å²) in [5.41, 5.74) is 8.18. The molecule has 2 N–H and O–H groups in total. The Balaban J connectivity index is 2.31. The van der Waals surface area contributed by atoms with Gasteiger partial charge in [-0.05, 0) is 56.9 Å². The van der Waals surface area contributed by atoms with Crippen LogP contribution in [0.1, 0.15) is 39.7 Å². The molecule has 1 aromatic carbocycles. The smallest absolute Gasteiger partial charge is 0.414 e. The summed E-state index contributed by atoms with van der Waals surface area (Å²) in [4.78, 5) is 14.1. The van der Waals surface area contributed by atoms with Crippen molar-refractivity contribution in [1.29, 1.82) is 0 Å². The first-order valence-electron chi connectivity index (χ1n) is 7.19. The van der Waals surface area contributed by atoms with Crippen molar-refractivity contribution in [2.24, 2.45) is 5.92 Å². The lowest BCUT2D eigenvalue weighted by Gasteiger charge is -2.35. The van der Waals surface area contributed by atoms with Crippen LogP contribution in [0.4, 0.5) is 16.2 Å². The van der Waals surface area contributed by atoms with Gasteiger partial charge in [-0.2, -0.15) is 0 Å². The van der Waals surface area contributed by atoms with E-state index in [-0.39, 0.29) is 6.09 Å². The van der Waals surface area contributed by atoms with E-state index in [1.165, 1.54) is 0 Å². The minimum Gasteiger partial charge on any atom is -0.443 e. The first-order chi connectivity index (χ1) is 9.30. The lowest BCUT2D eigenvalue weighted by Crippen LogP contribution is -2.43. The van der Waals surface area contributed by atoms with Gasteiger partial charge in [-0.25, -0.2) is 4.79 Å². The quantitative estimate of drug-likeness (QED) is 0.797. The van der Waals surface area contributed by atoms with E-state index in [9.17, 15) is 4.79 Å². The van der Waals surface area contributed by atoms with E-state index >= 15 is 0 Å². The Hall–Kier alpha value is -1.71. The molecule has 20 heavy (non-hydrogen) atoms. The summed E-state index contributed by atoms with van der Waals surface area (Å²) < 4.78 is 5.51. The molecule has 4 heteroatoms. The number of hydrogen-bond donors (Lipinski definition) is 1. The predicted molar refractivity (Wildman–Crippen MR) is 81.9 cm³/mol. The van der Waals surface area contributed by atoms with Gasteiger partial charge in [0.05, 0.1) is 5.69 Å². The zero-order valence-electron chi connectivity index (χ0n) is 12.8. The molecule has 1 aliphatic rings. The summed E-state index contributed by atoms with van der Waals surface area (Å²) in [6.45, 7) is 8.51. The van der Waals surface area contributed by atoms with Gasteiger partial charge >= 0.3 is 6.09 Å². The first-order valence-corrected chi connectivity index (χ1v) is 7.19. The standard InChI is InChI=1S/C16H24N2O2/c1-5-11-8-12-9-13(17)6-7-14(12)18(10-11)15(19)20-16(2,3)4/h6-7,9,11H,5,8,10,17H2,1-4H3. The lowest BCUT2D eigenvalue weighted by molar-refractivity contribution is 0.0571. The van der Waals surface area contributed by atoms with Crippen LogP contribution in [0.25, 0.3) is 0 Å². The van der Waals surface area contributed by atoms with Gasteiger partial charge in [0.1, 0.15) is 5.60 Å². The number of nitrogens with two attached hydrogens (primary N) is 1. The second-order valence-electron chi connectivity index (χ2n) is 6.46. The van der Waals surface area contributed by atoms with Crippen LogP contribution in [0, 0.1) is 5.92 Å². The number of amides is 1. The molecule has 0 saturated carbocycles. The second-order valence-corrected chi connectivity index (χ2v) is 6.46. The normalized spacial score (nSPS) is 18.6. The molecule has 0 saturated heterocycles. The Labute approximate surface area is 120 Å². The fourth-order valence-corrected chi connectivity index (χ4v) is 2.53. The number of nitrogens with zero attached hydrogens (tertiary/aromatic N) is 1. The molecule has 1 amide bonds. The van der Waals surface area contributed by atoms with Gasteiger partial charge < -0.3 is 10.5 Å². The molecular formula is C16H24N2O2. The zero-order chi connectivity index (χ0) is 14.9. The van der Waals surface area contributed by atoms with Crippen LogP contribution in [-0.4, -0.2) is 18.2 Å². The first kappa shape index (κ1) is 14.7. The largest absolute Gasteiger partial charge is 0.443 e. The van der Waals surface area contributed by atoms with Crippen LogP contribution in [0.5, 0.6) is 0 Å². The van der Waals surface area contributed by atoms with E-state index in [2.05, 4.69) is 6.92 Å². The van der Waals surface area contributed by atoms with E-state index in [1.807, 2.05) is 39.0 Å². The van der Waals surface area contributed by atoms with Crippen LogP contribution in [-0.2, 0) is 11.2 Å². The summed E-state index contributed by atoms with van der Waals surface area (Å²) in [6.07, 6.45) is 1.73. The van der Waals surface area contributed by atoms with Gasteiger partial charge in [0.15, 0.2) is 0 Å². The average molecular weight is 276 g/mol. The fourth-order valence-electron chi connectivity index (χ4n) is 2.53. The molecule has 0 aromatic heterocycles. The Kier molecular flexibility index (Phi) is 3.93. The van der Waals surface area contributed by atoms with Crippen LogP contribution in [0.2, 0.25) is 0 Å². The summed E-state index contributed by atoms with van der Waals surface area (Å²) in [5, 5.41) is 0. The Bertz CT molecular complexity index is 506. The third kappa shape index (κ3) is 3.24. The van der Waals surface area contributed by atoms with Crippen molar-refractivity contribution in [3.05, 3.63) is 23.8 Å². The maximum absolute atomic E-state index is 12.4. The van der Waals surface area contributed by atoms with Gasteiger partial charge in [0.25, 0.3) is 0 Å². The van der Waals surface area contributed by atoms with Crippen LogP contribution in [0.15, 0.2) is 18.2 Å². The molecule has 0 radical (unpaired) electrons.